The van der Waals surface area contributed by atoms with Crippen molar-refractivity contribution < 1.29 is 9.53 Å². The van der Waals surface area contributed by atoms with Crippen LogP contribution in [0.3, 0.4) is 0 Å². The molecule has 1 aliphatic rings. The highest BCUT2D eigenvalue weighted by molar-refractivity contribution is 14.0. The molecule has 148 valence electrons. The van der Waals surface area contributed by atoms with Crippen molar-refractivity contribution in [2.24, 2.45) is 10.9 Å². The minimum Gasteiger partial charge on any atom is -0.376 e. The molecule has 26 heavy (non-hydrogen) atoms. The van der Waals surface area contributed by atoms with E-state index in [1.165, 1.54) is 4.88 Å². The van der Waals surface area contributed by atoms with Gasteiger partial charge in [0.1, 0.15) is 6.54 Å². The van der Waals surface area contributed by atoms with Gasteiger partial charge in [-0.05, 0) is 36.6 Å². The fourth-order valence-electron chi connectivity index (χ4n) is 2.59. The van der Waals surface area contributed by atoms with E-state index in [0.717, 1.165) is 39.0 Å². The maximum absolute atomic E-state index is 11.8. The molecule has 1 saturated heterocycles. The predicted octanol–water partition coefficient (Wildman–Crippen LogP) is 2.35. The lowest BCUT2D eigenvalue weighted by atomic mass is 10.1. The van der Waals surface area contributed by atoms with Gasteiger partial charge in [0.15, 0.2) is 5.96 Å². The molecule has 1 aromatic heterocycles. The highest BCUT2D eigenvalue weighted by Crippen LogP contribution is 2.14. The van der Waals surface area contributed by atoms with Gasteiger partial charge in [-0.3, -0.25) is 4.79 Å². The Morgan fingerprint density at radius 3 is 2.88 bits per heavy atom. The third-order valence-corrected chi connectivity index (χ3v) is 5.04. The number of ether oxygens (including phenoxy) is 1. The van der Waals surface area contributed by atoms with Gasteiger partial charge in [0, 0.05) is 38.7 Å². The predicted molar refractivity (Wildman–Crippen MR) is 119 cm³/mol. The lowest BCUT2D eigenvalue weighted by molar-refractivity contribution is -0.127. The molecule has 2 heterocycles. The molecule has 0 spiro atoms. The standard InChI is InChI=1S/C18H30N4O2S.HI/c1-14(10-16-7-5-9-25-16)11-19-18(21-13-17(23)22(2)3)20-12-15-6-4-8-24-15;/h5,7,9,14-15H,4,6,8,10-13H2,1-3H3,(H2,19,20,21);1H. The first kappa shape index (κ1) is 23.2. The van der Waals surface area contributed by atoms with Crippen molar-refractivity contribution in [1.29, 1.82) is 0 Å². The van der Waals surface area contributed by atoms with Crippen LogP contribution in [0.2, 0.25) is 0 Å². The zero-order valence-corrected chi connectivity index (χ0v) is 19.0. The summed E-state index contributed by atoms with van der Waals surface area (Å²) in [6.45, 7) is 4.73. The molecule has 0 aliphatic carbocycles. The third-order valence-electron chi connectivity index (χ3n) is 4.14. The number of amides is 1. The average Bonchev–Trinajstić information content (AvgIpc) is 3.27. The van der Waals surface area contributed by atoms with Gasteiger partial charge in [0.05, 0.1) is 6.10 Å². The van der Waals surface area contributed by atoms with Crippen molar-refractivity contribution in [1.82, 2.24) is 15.5 Å². The van der Waals surface area contributed by atoms with Crippen LogP contribution in [0.4, 0.5) is 0 Å². The molecule has 2 N–H and O–H groups in total. The van der Waals surface area contributed by atoms with Gasteiger partial charge in [0.2, 0.25) is 5.91 Å². The number of halogens is 1. The quantitative estimate of drug-likeness (QED) is 0.331. The van der Waals surface area contributed by atoms with E-state index in [0.29, 0.717) is 11.9 Å². The molecular formula is C18H31IN4O2S. The number of rotatable bonds is 8. The van der Waals surface area contributed by atoms with E-state index < -0.39 is 0 Å². The van der Waals surface area contributed by atoms with Crippen molar-refractivity contribution in [3.8, 4) is 0 Å². The Bertz CT molecular complexity index is 545. The number of nitrogens with zero attached hydrogens (tertiary/aromatic N) is 2. The van der Waals surface area contributed by atoms with Crippen LogP contribution < -0.4 is 10.6 Å². The van der Waals surface area contributed by atoms with Crippen LogP contribution in [0.25, 0.3) is 0 Å². The first-order chi connectivity index (χ1) is 12.0. The van der Waals surface area contributed by atoms with E-state index in [-0.39, 0.29) is 42.5 Å². The Morgan fingerprint density at radius 2 is 2.27 bits per heavy atom. The fraction of sp³-hybridized carbons (Fsp3) is 0.667. The van der Waals surface area contributed by atoms with Crippen molar-refractivity contribution >= 4 is 47.2 Å². The second-order valence-electron chi connectivity index (χ2n) is 6.74. The minimum atomic E-state index is -0.00940. The van der Waals surface area contributed by atoms with Crippen molar-refractivity contribution in [3.63, 3.8) is 0 Å². The summed E-state index contributed by atoms with van der Waals surface area (Å²) in [5.74, 6) is 1.16. The third kappa shape index (κ3) is 8.68. The summed E-state index contributed by atoms with van der Waals surface area (Å²) in [5.41, 5.74) is 0. The molecule has 1 aromatic rings. The summed E-state index contributed by atoms with van der Waals surface area (Å²) in [5, 5.41) is 8.79. The van der Waals surface area contributed by atoms with Gasteiger partial charge >= 0.3 is 0 Å². The van der Waals surface area contributed by atoms with E-state index >= 15 is 0 Å². The zero-order valence-electron chi connectivity index (χ0n) is 15.9. The molecule has 2 atom stereocenters. The molecule has 1 amide bonds. The Hall–Kier alpha value is -0.870. The number of carbonyl (C=O) groups is 1. The second-order valence-corrected chi connectivity index (χ2v) is 7.77. The highest BCUT2D eigenvalue weighted by atomic mass is 127. The van der Waals surface area contributed by atoms with Crippen molar-refractivity contribution in [2.45, 2.75) is 32.3 Å². The second kappa shape index (κ2) is 12.5. The van der Waals surface area contributed by atoms with E-state index in [9.17, 15) is 4.79 Å². The van der Waals surface area contributed by atoms with E-state index in [4.69, 9.17) is 4.74 Å². The maximum Gasteiger partial charge on any atom is 0.243 e. The summed E-state index contributed by atoms with van der Waals surface area (Å²) in [4.78, 5) is 19.2. The summed E-state index contributed by atoms with van der Waals surface area (Å²) < 4.78 is 5.64. The van der Waals surface area contributed by atoms with Gasteiger partial charge in [0.25, 0.3) is 0 Å². The molecule has 8 heteroatoms. The smallest absolute Gasteiger partial charge is 0.243 e. The number of hydrogen-bond acceptors (Lipinski definition) is 4. The molecule has 0 saturated carbocycles. The van der Waals surface area contributed by atoms with Crippen LogP contribution in [0.1, 0.15) is 24.6 Å². The number of likely N-dealkylation sites (N-methyl/N-ethyl adjacent to an activating group) is 1. The number of carbonyl (C=O) groups excluding carboxylic acids is 1. The van der Waals surface area contributed by atoms with Crippen LogP contribution in [0.5, 0.6) is 0 Å². The maximum atomic E-state index is 11.8. The zero-order chi connectivity index (χ0) is 18.1. The summed E-state index contributed by atoms with van der Waals surface area (Å²) in [7, 11) is 3.49. The van der Waals surface area contributed by atoms with Crippen LogP contribution in [-0.2, 0) is 16.0 Å². The summed E-state index contributed by atoms with van der Waals surface area (Å²) in [6.07, 6.45) is 3.47. The number of thiophene rings is 1. The fourth-order valence-corrected chi connectivity index (χ4v) is 3.46. The molecule has 0 radical (unpaired) electrons. The summed E-state index contributed by atoms with van der Waals surface area (Å²) >= 11 is 1.79. The number of aliphatic imine (C=N–C) groups is 1. The van der Waals surface area contributed by atoms with Gasteiger partial charge in [-0.25, -0.2) is 4.99 Å². The van der Waals surface area contributed by atoms with Crippen LogP contribution in [0.15, 0.2) is 22.5 Å². The molecule has 1 fully saturated rings. The van der Waals surface area contributed by atoms with Crippen molar-refractivity contribution in [3.05, 3.63) is 22.4 Å². The number of nitrogens with one attached hydrogen (secondary N) is 2. The van der Waals surface area contributed by atoms with E-state index in [1.807, 2.05) is 0 Å². The molecular weight excluding hydrogens is 463 g/mol. The van der Waals surface area contributed by atoms with Gasteiger partial charge in [-0.2, -0.15) is 0 Å². The minimum absolute atomic E-state index is 0. The first-order valence-corrected chi connectivity index (χ1v) is 9.79. The molecule has 0 bridgehead atoms. The largest absolute Gasteiger partial charge is 0.376 e. The molecule has 6 nitrogen and oxygen atoms in total. The van der Waals surface area contributed by atoms with E-state index in [2.05, 4.69) is 40.1 Å². The Labute approximate surface area is 177 Å². The van der Waals surface area contributed by atoms with Crippen LogP contribution in [-0.4, -0.2) is 63.2 Å². The average molecular weight is 494 g/mol. The highest BCUT2D eigenvalue weighted by Gasteiger charge is 2.16. The normalized spacial score (nSPS) is 18.1. The van der Waals surface area contributed by atoms with Gasteiger partial charge in [-0.1, -0.05) is 13.0 Å². The Balaban J connectivity index is 0.00000338. The van der Waals surface area contributed by atoms with Gasteiger partial charge < -0.3 is 20.3 Å². The first-order valence-electron chi connectivity index (χ1n) is 8.91. The SMILES string of the molecule is CC(CNC(=NCC(=O)N(C)C)NCC1CCCO1)Cc1cccs1.I. The van der Waals surface area contributed by atoms with Crippen molar-refractivity contribution in [2.75, 3.05) is 40.3 Å². The van der Waals surface area contributed by atoms with Crippen LogP contribution >= 0.6 is 35.3 Å². The number of guanidine groups is 1. The Kier molecular flexibility index (Phi) is 11.1. The Morgan fingerprint density at radius 1 is 1.46 bits per heavy atom. The van der Waals surface area contributed by atoms with E-state index in [1.54, 1.807) is 30.3 Å². The lowest BCUT2D eigenvalue weighted by Crippen LogP contribution is -2.43. The summed E-state index contributed by atoms with van der Waals surface area (Å²) in [6, 6.07) is 4.25. The number of hydrogen-bond donors (Lipinski definition) is 2. The topological polar surface area (TPSA) is 66.0 Å². The molecule has 2 rings (SSSR count). The van der Waals surface area contributed by atoms with Crippen LogP contribution in [0, 0.1) is 5.92 Å². The van der Waals surface area contributed by atoms with Gasteiger partial charge in [-0.15, -0.1) is 35.3 Å². The lowest BCUT2D eigenvalue weighted by Gasteiger charge is -2.18. The molecule has 0 aromatic carbocycles. The molecule has 2 unspecified atom stereocenters. The molecule has 1 aliphatic heterocycles. The monoisotopic (exact) mass is 494 g/mol.